The Hall–Kier alpha value is -2.06. The second-order valence-corrected chi connectivity index (χ2v) is 6.47. The van der Waals surface area contributed by atoms with Crippen LogP contribution in [0, 0.1) is 12.8 Å². The van der Waals surface area contributed by atoms with Gasteiger partial charge in [-0.05, 0) is 34.1 Å². The summed E-state index contributed by atoms with van der Waals surface area (Å²) in [6.45, 7) is 6.20. The summed E-state index contributed by atoms with van der Waals surface area (Å²) in [5, 5.41) is 12.9. The summed E-state index contributed by atoms with van der Waals surface area (Å²) in [4.78, 5) is 24.0. The zero-order chi connectivity index (χ0) is 18.7. The molecule has 0 saturated carbocycles. The van der Waals surface area contributed by atoms with Crippen LogP contribution in [-0.4, -0.2) is 34.0 Å². The van der Waals surface area contributed by atoms with Gasteiger partial charge in [0, 0.05) is 12.0 Å². The summed E-state index contributed by atoms with van der Waals surface area (Å²) in [7, 11) is 0. The maximum atomic E-state index is 12.5. The number of carboxylic acid groups (broad SMARTS) is 1. The summed E-state index contributed by atoms with van der Waals surface area (Å²) < 4.78 is 47.4. The smallest absolute Gasteiger partial charge is 0.389 e. The fraction of sp³-hybridized carbons (Fsp3) is 0.667. The number of aryl methyl sites for hydroxylation is 1. The molecule has 0 aromatic carbocycles. The molecule has 1 heterocycles. The maximum absolute atomic E-state index is 12.5. The van der Waals surface area contributed by atoms with Crippen molar-refractivity contribution in [3.05, 3.63) is 17.5 Å². The van der Waals surface area contributed by atoms with Crippen molar-refractivity contribution in [1.82, 2.24) is 5.16 Å². The lowest BCUT2D eigenvalue weighted by molar-refractivity contribution is -0.165. The highest BCUT2D eigenvalue weighted by atomic mass is 19.4. The molecule has 1 rings (SSSR count). The lowest BCUT2D eigenvalue weighted by atomic mass is 9.83. The van der Waals surface area contributed by atoms with Crippen LogP contribution >= 0.6 is 0 Å². The maximum Gasteiger partial charge on any atom is 0.389 e. The number of carboxylic acids is 1. The molecule has 0 fully saturated rings. The van der Waals surface area contributed by atoms with Crippen molar-refractivity contribution in [3.63, 3.8) is 0 Å². The first-order valence-corrected chi connectivity index (χ1v) is 7.25. The minimum atomic E-state index is -4.53. The molecule has 0 saturated heterocycles. The summed E-state index contributed by atoms with van der Waals surface area (Å²) in [5.74, 6) is -5.49. The van der Waals surface area contributed by atoms with Gasteiger partial charge in [-0.25, -0.2) is 0 Å². The normalized spacial score (nSPS) is 15.0. The Labute approximate surface area is 137 Å². The van der Waals surface area contributed by atoms with Gasteiger partial charge >= 0.3 is 18.1 Å². The number of hydrogen-bond donors (Lipinski definition) is 1. The summed E-state index contributed by atoms with van der Waals surface area (Å²) >= 11 is 0. The monoisotopic (exact) mass is 351 g/mol. The van der Waals surface area contributed by atoms with Gasteiger partial charge in [0.05, 0.1) is 11.6 Å². The largest absolute Gasteiger partial charge is 0.481 e. The van der Waals surface area contributed by atoms with Gasteiger partial charge in [-0.3, -0.25) is 9.59 Å². The highest BCUT2D eigenvalue weighted by Gasteiger charge is 2.42. The molecule has 1 aromatic heterocycles. The van der Waals surface area contributed by atoms with E-state index in [1.54, 1.807) is 20.8 Å². The number of aromatic nitrogens is 1. The molecule has 0 aliphatic heterocycles. The van der Waals surface area contributed by atoms with E-state index in [9.17, 15) is 27.9 Å². The van der Waals surface area contributed by atoms with Gasteiger partial charge in [0.2, 0.25) is 0 Å². The van der Waals surface area contributed by atoms with Crippen molar-refractivity contribution in [3.8, 4) is 0 Å². The predicted molar refractivity (Wildman–Crippen MR) is 76.2 cm³/mol. The molecule has 0 bridgehead atoms. The Morgan fingerprint density at radius 1 is 1.33 bits per heavy atom. The Morgan fingerprint density at radius 3 is 2.29 bits per heavy atom. The number of aliphatic carboxylic acids is 1. The van der Waals surface area contributed by atoms with Gasteiger partial charge in [0.1, 0.15) is 17.8 Å². The molecule has 1 N–H and O–H groups in total. The summed E-state index contributed by atoms with van der Waals surface area (Å²) in [6, 6.07) is 0. The van der Waals surface area contributed by atoms with Crippen molar-refractivity contribution in [2.45, 2.75) is 58.2 Å². The number of hydrogen-bond acceptors (Lipinski definition) is 5. The van der Waals surface area contributed by atoms with Crippen LogP contribution in [0.1, 0.15) is 50.8 Å². The zero-order valence-electron chi connectivity index (χ0n) is 13.8. The molecule has 2 atom stereocenters. The Kier molecular flexibility index (Phi) is 6.02. The molecular weight excluding hydrogens is 331 g/mol. The first-order valence-electron chi connectivity index (χ1n) is 7.25. The van der Waals surface area contributed by atoms with Crippen LogP contribution in [0.25, 0.3) is 0 Å². The minimum absolute atomic E-state index is 0.110. The quantitative estimate of drug-likeness (QED) is 0.790. The van der Waals surface area contributed by atoms with Gasteiger partial charge in [0.25, 0.3) is 0 Å². The number of carbonyl (C=O) groups is 2. The van der Waals surface area contributed by atoms with Crippen molar-refractivity contribution < 1.29 is 37.1 Å². The second kappa shape index (κ2) is 7.23. The fourth-order valence-electron chi connectivity index (χ4n) is 2.22. The fourth-order valence-corrected chi connectivity index (χ4v) is 2.22. The van der Waals surface area contributed by atoms with E-state index in [1.165, 1.54) is 6.92 Å². The minimum Gasteiger partial charge on any atom is -0.481 e. The van der Waals surface area contributed by atoms with Gasteiger partial charge in [0.15, 0.2) is 0 Å². The average molecular weight is 351 g/mol. The van der Waals surface area contributed by atoms with Crippen LogP contribution < -0.4 is 0 Å². The van der Waals surface area contributed by atoms with E-state index in [1.807, 2.05) is 0 Å². The molecule has 0 aliphatic carbocycles. The predicted octanol–water partition coefficient (Wildman–Crippen LogP) is 3.45. The summed E-state index contributed by atoms with van der Waals surface area (Å²) in [6.07, 6.45) is -5.55. The number of esters is 1. The number of carbonyl (C=O) groups excluding carboxylic acids is 1. The van der Waals surface area contributed by atoms with Crippen molar-refractivity contribution in [1.29, 1.82) is 0 Å². The molecule has 0 aliphatic rings. The zero-order valence-corrected chi connectivity index (χ0v) is 13.8. The summed E-state index contributed by atoms with van der Waals surface area (Å²) in [5.41, 5.74) is -0.587. The topological polar surface area (TPSA) is 89.6 Å². The van der Waals surface area contributed by atoms with Gasteiger partial charge in [-0.1, -0.05) is 5.16 Å². The average Bonchev–Trinajstić information content (AvgIpc) is 2.76. The van der Waals surface area contributed by atoms with E-state index >= 15 is 0 Å². The molecule has 1 aromatic rings. The first-order chi connectivity index (χ1) is 10.8. The standard InChI is InChI=1S/C15H20F3NO5/c1-8-10(7-23-19-8)11(13(22)24-14(2,3)4)9(12(20)21)5-6-15(16,17)18/h7,9,11H,5-6H2,1-4H3,(H,20,21)/t9?,11-/m1/s1. The second-order valence-electron chi connectivity index (χ2n) is 6.47. The van der Waals surface area contributed by atoms with Gasteiger partial charge in [-0.15, -0.1) is 0 Å². The van der Waals surface area contributed by atoms with Gasteiger partial charge < -0.3 is 14.4 Å². The van der Waals surface area contributed by atoms with E-state index in [0.717, 1.165) is 6.26 Å². The molecular formula is C15H20F3NO5. The van der Waals surface area contributed by atoms with E-state index in [2.05, 4.69) is 5.16 Å². The third-order valence-electron chi connectivity index (χ3n) is 3.24. The van der Waals surface area contributed by atoms with Crippen molar-refractivity contribution >= 4 is 11.9 Å². The van der Waals surface area contributed by atoms with E-state index in [0.29, 0.717) is 0 Å². The van der Waals surface area contributed by atoms with Gasteiger partial charge in [-0.2, -0.15) is 13.2 Å². The lowest BCUT2D eigenvalue weighted by Gasteiger charge is -2.27. The molecule has 0 spiro atoms. The van der Waals surface area contributed by atoms with E-state index in [-0.39, 0.29) is 11.3 Å². The number of rotatable bonds is 6. The van der Waals surface area contributed by atoms with Crippen LogP contribution in [-0.2, 0) is 14.3 Å². The number of alkyl halides is 3. The SMILES string of the molecule is Cc1nocc1[C@H](C(=O)OC(C)(C)C)C(CCC(F)(F)F)C(=O)O. The Morgan fingerprint density at radius 2 is 1.92 bits per heavy atom. The highest BCUT2D eigenvalue weighted by molar-refractivity contribution is 5.86. The number of ether oxygens (including phenoxy) is 1. The molecule has 9 heteroatoms. The number of halogens is 3. The van der Waals surface area contributed by atoms with E-state index in [4.69, 9.17) is 9.26 Å². The highest BCUT2D eigenvalue weighted by Crippen LogP contribution is 2.35. The molecule has 1 unspecified atom stereocenters. The van der Waals surface area contributed by atoms with Crippen LogP contribution in [0.4, 0.5) is 13.2 Å². The van der Waals surface area contributed by atoms with Crippen LogP contribution in [0.3, 0.4) is 0 Å². The first kappa shape index (κ1) is 20.0. The Balaban J connectivity index is 3.20. The number of nitrogens with zero attached hydrogens (tertiary/aromatic N) is 1. The molecule has 6 nitrogen and oxygen atoms in total. The van der Waals surface area contributed by atoms with E-state index < -0.39 is 48.4 Å². The third-order valence-corrected chi connectivity index (χ3v) is 3.24. The lowest BCUT2D eigenvalue weighted by Crippen LogP contribution is -2.35. The van der Waals surface area contributed by atoms with Crippen molar-refractivity contribution in [2.75, 3.05) is 0 Å². The van der Waals surface area contributed by atoms with Crippen LogP contribution in [0.5, 0.6) is 0 Å². The molecule has 0 radical (unpaired) electrons. The van der Waals surface area contributed by atoms with Crippen LogP contribution in [0.2, 0.25) is 0 Å². The molecule has 24 heavy (non-hydrogen) atoms. The third kappa shape index (κ3) is 5.86. The molecule has 0 amide bonds. The molecule has 136 valence electrons. The van der Waals surface area contributed by atoms with Crippen LogP contribution in [0.15, 0.2) is 10.8 Å². The van der Waals surface area contributed by atoms with Crippen molar-refractivity contribution in [2.24, 2.45) is 5.92 Å². The Bertz CT molecular complexity index is 589.